The number of rotatable bonds is 4. The molecule has 7 nitrogen and oxygen atoms in total. The highest BCUT2D eigenvalue weighted by Gasteiger charge is 2.37. The number of nitrogens with two attached hydrogens (primary N) is 1. The van der Waals surface area contributed by atoms with Crippen molar-refractivity contribution in [1.82, 2.24) is 20.3 Å². The molecule has 1 aliphatic rings. The van der Waals surface area contributed by atoms with Crippen molar-refractivity contribution in [2.24, 2.45) is 0 Å². The second kappa shape index (κ2) is 6.86. The lowest BCUT2D eigenvalue weighted by Gasteiger charge is -2.46. The highest BCUT2D eigenvalue weighted by molar-refractivity contribution is 7.22. The summed E-state index contributed by atoms with van der Waals surface area (Å²) in [6.07, 6.45) is 3.51. The fourth-order valence-electron chi connectivity index (χ4n) is 4.25. The number of fused-ring (bicyclic) bond motifs is 1. The van der Waals surface area contributed by atoms with Crippen LogP contribution in [0.15, 0.2) is 30.6 Å². The molecule has 0 unspecified atom stereocenters. The standard InChI is InChI=1S/C20H27N7S/c1-19(2)9-12(10-20(3,4)27-19)24-16-15(21)17(23-11-22-16)26-18-25-13-7-5-6-8-14(13)28-18/h5-8,11-12,27H,9-10,21H2,1-4H3,(H2,22,23,24,25,26). The fraction of sp³-hybridized carbons (Fsp3) is 0.450. The summed E-state index contributed by atoms with van der Waals surface area (Å²) in [4.78, 5) is 13.3. The minimum Gasteiger partial charge on any atom is -0.393 e. The van der Waals surface area contributed by atoms with E-state index in [2.05, 4.69) is 64.7 Å². The third kappa shape index (κ3) is 4.02. The van der Waals surface area contributed by atoms with Crippen molar-refractivity contribution < 1.29 is 0 Å². The number of hydrogen-bond acceptors (Lipinski definition) is 8. The van der Waals surface area contributed by atoms with E-state index in [0.29, 0.717) is 17.3 Å². The van der Waals surface area contributed by atoms with Gasteiger partial charge in [0, 0.05) is 17.1 Å². The van der Waals surface area contributed by atoms with Crippen molar-refractivity contribution in [3.05, 3.63) is 30.6 Å². The SMILES string of the molecule is CC1(C)CC(Nc2ncnc(Nc3nc4ccccc4s3)c2N)CC(C)(C)N1. The minimum atomic E-state index is 0.0449. The van der Waals surface area contributed by atoms with Gasteiger partial charge in [-0.3, -0.25) is 0 Å². The maximum Gasteiger partial charge on any atom is 0.189 e. The Balaban J connectivity index is 1.55. The van der Waals surface area contributed by atoms with Crippen LogP contribution < -0.4 is 21.7 Å². The predicted octanol–water partition coefficient (Wildman–Crippen LogP) is 4.13. The average Bonchev–Trinajstić information content (AvgIpc) is 2.98. The van der Waals surface area contributed by atoms with Crippen molar-refractivity contribution in [3.8, 4) is 0 Å². The summed E-state index contributed by atoms with van der Waals surface area (Å²) in [6, 6.07) is 8.31. The van der Waals surface area contributed by atoms with Crippen LogP contribution in [-0.2, 0) is 0 Å². The second-order valence-electron chi connectivity index (χ2n) is 8.74. The molecule has 1 aromatic carbocycles. The van der Waals surface area contributed by atoms with Gasteiger partial charge in [0.2, 0.25) is 0 Å². The van der Waals surface area contributed by atoms with Crippen molar-refractivity contribution in [3.63, 3.8) is 0 Å². The molecule has 148 valence electrons. The van der Waals surface area contributed by atoms with Gasteiger partial charge >= 0.3 is 0 Å². The second-order valence-corrected chi connectivity index (χ2v) is 9.77. The Labute approximate surface area is 169 Å². The van der Waals surface area contributed by atoms with Crippen LogP contribution in [0.5, 0.6) is 0 Å². The molecule has 0 bridgehead atoms. The monoisotopic (exact) mass is 397 g/mol. The zero-order valence-corrected chi connectivity index (χ0v) is 17.5. The smallest absolute Gasteiger partial charge is 0.189 e. The van der Waals surface area contributed by atoms with Crippen LogP contribution in [0.3, 0.4) is 0 Å². The first-order valence-corrected chi connectivity index (χ1v) is 10.3. The van der Waals surface area contributed by atoms with Crippen molar-refractivity contribution in [1.29, 1.82) is 0 Å². The molecule has 1 aliphatic heterocycles. The van der Waals surface area contributed by atoms with Crippen LogP contribution in [0.2, 0.25) is 0 Å². The van der Waals surface area contributed by atoms with Gasteiger partial charge in [0.15, 0.2) is 16.8 Å². The van der Waals surface area contributed by atoms with Gasteiger partial charge in [0.1, 0.15) is 12.0 Å². The highest BCUT2D eigenvalue weighted by Crippen LogP contribution is 2.34. The Morgan fingerprint density at radius 1 is 1.07 bits per heavy atom. The van der Waals surface area contributed by atoms with Crippen LogP contribution in [0.1, 0.15) is 40.5 Å². The molecule has 0 spiro atoms. The summed E-state index contributed by atoms with van der Waals surface area (Å²) in [6.45, 7) is 8.91. The molecular formula is C20H27N7S. The van der Waals surface area contributed by atoms with E-state index in [1.807, 2.05) is 18.2 Å². The Kier molecular flexibility index (Phi) is 4.63. The Bertz CT molecular complexity index is 946. The van der Waals surface area contributed by atoms with Gasteiger partial charge in [-0.1, -0.05) is 23.5 Å². The van der Waals surface area contributed by atoms with Crippen LogP contribution in [0, 0.1) is 0 Å². The molecule has 3 aromatic rings. The van der Waals surface area contributed by atoms with Crippen LogP contribution in [0.25, 0.3) is 10.2 Å². The number of benzene rings is 1. The molecule has 0 amide bonds. The first kappa shape index (κ1) is 18.9. The fourth-order valence-corrected chi connectivity index (χ4v) is 5.12. The lowest BCUT2D eigenvalue weighted by Crippen LogP contribution is -2.60. The molecule has 0 atom stereocenters. The third-order valence-corrected chi connectivity index (χ3v) is 5.89. The number of thiazole rings is 1. The number of piperidine rings is 1. The summed E-state index contributed by atoms with van der Waals surface area (Å²) in [5, 5.41) is 11.3. The average molecular weight is 398 g/mol. The third-order valence-electron chi connectivity index (χ3n) is 4.93. The number of aromatic nitrogens is 3. The maximum absolute atomic E-state index is 6.39. The maximum atomic E-state index is 6.39. The van der Waals surface area contributed by atoms with E-state index in [9.17, 15) is 0 Å². The molecule has 5 N–H and O–H groups in total. The molecule has 0 aliphatic carbocycles. The van der Waals surface area contributed by atoms with Gasteiger partial charge in [-0.05, 0) is 52.7 Å². The van der Waals surface area contributed by atoms with E-state index < -0.39 is 0 Å². The number of nitrogens with one attached hydrogen (secondary N) is 3. The van der Waals surface area contributed by atoms with Gasteiger partial charge in [0.25, 0.3) is 0 Å². The Morgan fingerprint density at radius 2 is 1.75 bits per heavy atom. The van der Waals surface area contributed by atoms with Crippen LogP contribution >= 0.6 is 11.3 Å². The van der Waals surface area contributed by atoms with Gasteiger partial charge in [-0.2, -0.15) is 0 Å². The Morgan fingerprint density at radius 3 is 2.46 bits per heavy atom. The number of hydrogen-bond donors (Lipinski definition) is 4. The first-order valence-electron chi connectivity index (χ1n) is 9.50. The number of nitrogens with zero attached hydrogens (tertiary/aromatic N) is 3. The molecule has 2 aromatic heterocycles. The molecule has 4 rings (SSSR count). The van der Waals surface area contributed by atoms with E-state index in [-0.39, 0.29) is 17.1 Å². The molecule has 8 heteroatoms. The highest BCUT2D eigenvalue weighted by atomic mass is 32.1. The first-order chi connectivity index (χ1) is 13.2. The van der Waals surface area contributed by atoms with Gasteiger partial charge in [-0.15, -0.1) is 0 Å². The minimum absolute atomic E-state index is 0.0449. The molecule has 0 saturated carbocycles. The number of anilines is 4. The van der Waals surface area contributed by atoms with Crippen molar-refractivity contribution >= 4 is 44.0 Å². The zero-order valence-electron chi connectivity index (χ0n) is 16.7. The van der Waals surface area contributed by atoms with Crippen molar-refractivity contribution in [2.45, 2.75) is 57.7 Å². The summed E-state index contributed by atoms with van der Waals surface area (Å²) < 4.78 is 1.12. The molecule has 0 radical (unpaired) electrons. The molecule has 28 heavy (non-hydrogen) atoms. The normalized spacial score (nSPS) is 18.9. The van der Waals surface area contributed by atoms with E-state index in [0.717, 1.165) is 28.2 Å². The van der Waals surface area contributed by atoms with E-state index in [1.54, 1.807) is 11.3 Å². The molecule has 1 saturated heterocycles. The summed E-state index contributed by atoms with van der Waals surface area (Å²) in [7, 11) is 0. The predicted molar refractivity (Wildman–Crippen MR) is 117 cm³/mol. The van der Waals surface area contributed by atoms with Gasteiger partial charge < -0.3 is 21.7 Å². The lowest BCUT2D eigenvalue weighted by molar-refractivity contribution is 0.170. The molecule has 1 fully saturated rings. The van der Waals surface area contributed by atoms with Gasteiger partial charge in [-0.25, -0.2) is 15.0 Å². The summed E-state index contributed by atoms with van der Waals surface area (Å²) >= 11 is 1.57. The Hall–Kier alpha value is -2.45. The largest absolute Gasteiger partial charge is 0.393 e. The van der Waals surface area contributed by atoms with Gasteiger partial charge in [0.05, 0.1) is 10.2 Å². The van der Waals surface area contributed by atoms with Crippen LogP contribution in [0.4, 0.5) is 22.5 Å². The molecular weight excluding hydrogens is 370 g/mol. The summed E-state index contributed by atoms with van der Waals surface area (Å²) in [5.41, 5.74) is 7.95. The topological polar surface area (TPSA) is 101 Å². The molecule has 3 heterocycles. The summed E-state index contributed by atoms with van der Waals surface area (Å²) in [5.74, 6) is 1.24. The van der Waals surface area contributed by atoms with Crippen molar-refractivity contribution in [2.75, 3.05) is 16.4 Å². The zero-order chi connectivity index (χ0) is 19.9. The lowest BCUT2D eigenvalue weighted by atomic mass is 9.79. The number of para-hydroxylation sites is 1. The van der Waals surface area contributed by atoms with E-state index in [4.69, 9.17) is 5.73 Å². The van der Waals surface area contributed by atoms with E-state index in [1.165, 1.54) is 6.33 Å². The number of nitrogen functional groups attached to an aromatic ring is 1. The van der Waals surface area contributed by atoms with E-state index >= 15 is 0 Å². The quantitative estimate of drug-likeness (QED) is 0.525. The van der Waals surface area contributed by atoms with Crippen LogP contribution in [-0.4, -0.2) is 32.1 Å².